The summed E-state index contributed by atoms with van der Waals surface area (Å²) in [4.78, 5) is 22.9. The van der Waals surface area contributed by atoms with Crippen LogP contribution in [-0.4, -0.2) is 87.8 Å². The first kappa shape index (κ1) is 94.4. The summed E-state index contributed by atoms with van der Waals surface area (Å²) in [5.41, 5.74) is 17.8. The fraction of sp³-hybridized carbons (Fsp3) is 0.105. The van der Waals surface area contributed by atoms with Gasteiger partial charge in [-0.15, -0.1) is 0 Å². The molecule has 0 fully saturated rings. The first-order valence-corrected chi connectivity index (χ1v) is 42.8. The van der Waals surface area contributed by atoms with Gasteiger partial charge in [0.2, 0.25) is 0 Å². The number of phenols is 8. The Kier molecular flexibility index (Phi) is 33.2. The molecule has 16 aromatic rings. The fourth-order valence-electron chi connectivity index (χ4n) is 14.0. The van der Waals surface area contributed by atoms with E-state index in [2.05, 4.69) is 43.5 Å². The second kappa shape index (κ2) is 47.2. The van der Waals surface area contributed by atoms with Crippen molar-refractivity contribution in [2.24, 2.45) is 0 Å². The van der Waals surface area contributed by atoms with Crippen molar-refractivity contribution in [1.82, 2.24) is 0 Å². The number of aryl methyl sites for hydroxylation is 1. The van der Waals surface area contributed by atoms with Crippen molar-refractivity contribution in [3.05, 3.63) is 448 Å². The first-order chi connectivity index (χ1) is 65.2. The highest BCUT2D eigenvalue weighted by atomic mass is 16.5. The number of fused-ring (bicyclic) bond motifs is 4. The van der Waals surface area contributed by atoms with Gasteiger partial charge in [-0.2, -0.15) is 0 Å². The van der Waals surface area contributed by atoms with Crippen LogP contribution in [0.4, 0.5) is 0 Å². The van der Waals surface area contributed by atoms with Crippen molar-refractivity contribution in [2.45, 2.75) is 39.1 Å². The molecule has 0 aliphatic carbocycles. The minimum Gasteiger partial charge on any atom is -0.508 e. The number of benzene rings is 15. The van der Waals surface area contributed by atoms with E-state index in [1.54, 1.807) is 87.0 Å². The molecule has 1 unspecified atom stereocenters. The van der Waals surface area contributed by atoms with Crippen LogP contribution in [0.3, 0.4) is 0 Å². The topological polar surface area (TPSA) is 292 Å². The molecule has 4 heterocycles. The van der Waals surface area contributed by atoms with E-state index < -0.39 is 0 Å². The normalized spacial score (nSPS) is 12.1. The number of phenolic OH excluding ortho intramolecular Hbond substituents is 8. The second-order valence-electron chi connectivity index (χ2n) is 30.9. The van der Waals surface area contributed by atoms with Crippen molar-refractivity contribution in [2.75, 3.05) is 40.6 Å². The molecule has 0 spiro atoms. The first-order valence-electron chi connectivity index (χ1n) is 42.8. The Balaban J connectivity index is 0.000000135. The molecule has 0 radical (unpaired) electrons. The molecule has 3 aliphatic heterocycles. The molecule has 676 valence electrons. The molecule has 8 N–H and O–H groups in total. The summed E-state index contributed by atoms with van der Waals surface area (Å²) in [5, 5.41) is 73.9. The van der Waals surface area contributed by atoms with E-state index in [9.17, 15) is 40.2 Å². The van der Waals surface area contributed by atoms with Gasteiger partial charge in [-0.1, -0.05) is 201 Å². The predicted molar refractivity (Wildman–Crippen MR) is 525 cm³/mol. The largest absolute Gasteiger partial charge is 0.508 e. The minimum absolute atomic E-state index is 0.0643. The molecule has 3 aliphatic rings. The van der Waals surface area contributed by atoms with Crippen molar-refractivity contribution < 1.29 is 92.7 Å². The summed E-state index contributed by atoms with van der Waals surface area (Å²) in [6.07, 6.45) is 8.91. The van der Waals surface area contributed by atoms with Crippen LogP contribution in [-0.2, 0) is 26.2 Å². The average Bonchev–Trinajstić information content (AvgIpc) is 0.804. The Morgan fingerprint density at radius 2 is 0.873 bits per heavy atom. The highest BCUT2D eigenvalue weighted by molar-refractivity contribution is 5.88. The number of ether oxygens (including phenoxy) is 9. The van der Waals surface area contributed by atoms with Crippen LogP contribution in [0, 0.1) is 6.92 Å². The van der Waals surface area contributed by atoms with Crippen LogP contribution in [0.1, 0.15) is 83.0 Å². The predicted octanol–water partition coefficient (Wildman–Crippen LogP) is 24.4. The van der Waals surface area contributed by atoms with E-state index in [0.29, 0.717) is 86.5 Å². The third kappa shape index (κ3) is 27.4. The molecule has 20 nitrogen and oxygen atoms in total. The second-order valence-corrected chi connectivity index (χ2v) is 30.9. The van der Waals surface area contributed by atoms with Gasteiger partial charge in [-0.05, 0) is 220 Å². The third-order valence-electron chi connectivity index (χ3n) is 21.4. The smallest absolute Gasteiger partial charge is 0.200 e. The molecule has 0 bridgehead atoms. The maximum atomic E-state index is 12.4. The fourth-order valence-corrected chi connectivity index (χ4v) is 14.0. The molecule has 1 aromatic heterocycles. The number of aromatic hydroxyl groups is 8. The van der Waals surface area contributed by atoms with Crippen LogP contribution in [0.2, 0.25) is 0 Å². The van der Waals surface area contributed by atoms with Crippen molar-refractivity contribution >= 4 is 52.2 Å². The van der Waals surface area contributed by atoms with E-state index in [4.69, 9.17) is 57.3 Å². The van der Waals surface area contributed by atoms with Gasteiger partial charge >= 0.3 is 0 Å². The highest BCUT2D eigenvalue weighted by Gasteiger charge is 2.23. The van der Waals surface area contributed by atoms with Gasteiger partial charge in [0.15, 0.2) is 11.7 Å². The standard InChI is InChI=1S/C25H24O3.C23H20O3.C16H12O3.C15H14O3.C15H12O3.C14H12O3.C6H6O2/c1-4-21-10-15-24(27-18-20-8-6-5-7-9-20)16-25(21)28-17-19(2)22-11-13-23(26-3)14-12-22;1-24-21-10-7-18(8-11-21)20-13-19-9-12-22(14-23(19)26-16-20)25-15-17-5-3-2-4-6-17;1-10-2-4-11(5-3-10)14-9-19-15-8-12(17)6-7-13(15)16(14)18;2*16-13-4-1-10(2-5-13)12-7-11-3-6-14(17)8-15(11)18-9-12;15-9-12-6-7-13(8-14(12)16)17-10-11-4-2-1-3-5-11;7-5-2-1-3-6(8)4-5/h4-16H,1-2,17-18H2,3H3;2-14H,15-16H2,1H3;2-9,17H,1H3;1-6,8,12,16-17H,7,9H2;1-8,16-17H,9H2;1-9,16H,10H2;1-4,7-8H. The molecule has 0 saturated carbocycles. The zero-order chi connectivity index (χ0) is 94.1. The lowest BCUT2D eigenvalue weighted by Crippen LogP contribution is -2.18. The van der Waals surface area contributed by atoms with E-state index in [-0.39, 0.29) is 57.0 Å². The minimum atomic E-state index is -0.0925. The molecule has 20 heteroatoms. The zero-order valence-electron chi connectivity index (χ0n) is 73.9. The Morgan fingerprint density at radius 3 is 1.41 bits per heavy atom. The Hall–Kier alpha value is -17.3. The van der Waals surface area contributed by atoms with E-state index in [1.807, 2.05) is 225 Å². The third-order valence-corrected chi connectivity index (χ3v) is 21.4. The number of hydrogen-bond donors (Lipinski definition) is 8. The van der Waals surface area contributed by atoms with Crippen molar-refractivity contribution in [1.29, 1.82) is 0 Å². The summed E-state index contributed by atoms with van der Waals surface area (Å²) in [7, 11) is 3.32. The van der Waals surface area contributed by atoms with Gasteiger partial charge in [0, 0.05) is 65.1 Å². The zero-order valence-corrected chi connectivity index (χ0v) is 73.9. The quantitative estimate of drug-likeness (QED) is 0.0310. The lowest BCUT2D eigenvalue weighted by molar-refractivity contribution is 0.112. The summed E-state index contributed by atoms with van der Waals surface area (Å²) in [6.45, 7) is 13.4. The lowest BCUT2D eigenvalue weighted by Gasteiger charge is -2.25. The van der Waals surface area contributed by atoms with Gasteiger partial charge < -0.3 is 87.9 Å². The van der Waals surface area contributed by atoms with Crippen LogP contribution in [0.15, 0.2) is 374 Å². The number of hydrogen-bond acceptors (Lipinski definition) is 20. The number of carbonyl (C=O) groups is 1. The van der Waals surface area contributed by atoms with Gasteiger partial charge in [0.1, 0.15) is 149 Å². The Bertz CT molecular complexity index is 6700. The Labute approximate surface area is 776 Å². The molecule has 1 atom stereocenters. The molecular weight excluding hydrogens is 1690 g/mol. The number of carbonyl (C=O) groups excluding carboxylic acids is 1. The molecule has 134 heavy (non-hydrogen) atoms. The van der Waals surface area contributed by atoms with Crippen LogP contribution in [0.5, 0.6) is 97.7 Å². The van der Waals surface area contributed by atoms with Crippen molar-refractivity contribution in [3.63, 3.8) is 0 Å². The monoisotopic (exact) mass is 1790 g/mol. The average molecular weight is 1790 g/mol. The highest BCUT2D eigenvalue weighted by Crippen LogP contribution is 2.39. The molecule has 0 saturated heterocycles. The van der Waals surface area contributed by atoms with E-state index in [1.165, 1.54) is 48.7 Å². The molecule has 19 rings (SSSR count). The lowest BCUT2D eigenvalue weighted by atomic mass is 9.90. The molecule has 15 aromatic carbocycles. The van der Waals surface area contributed by atoms with Crippen LogP contribution >= 0.6 is 0 Å². The van der Waals surface area contributed by atoms with Crippen LogP contribution in [0.25, 0.3) is 57.0 Å². The maximum absolute atomic E-state index is 12.4. The number of methoxy groups -OCH3 is 2. The maximum Gasteiger partial charge on any atom is 0.200 e. The number of rotatable bonds is 21. The van der Waals surface area contributed by atoms with E-state index >= 15 is 0 Å². The summed E-state index contributed by atoms with van der Waals surface area (Å²) in [6, 6.07) is 105. The van der Waals surface area contributed by atoms with Gasteiger partial charge in [0.25, 0.3) is 0 Å². The van der Waals surface area contributed by atoms with Crippen molar-refractivity contribution in [3.8, 4) is 109 Å². The summed E-state index contributed by atoms with van der Waals surface area (Å²) in [5.74, 6) is 8.26. The van der Waals surface area contributed by atoms with E-state index in [0.717, 1.165) is 136 Å². The van der Waals surface area contributed by atoms with Gasteiger partial charge in [0.05, 0.1) is 37.3 Å². The molecular formula is C114H100O20. The van der Waals surface area contributed by atoms with Crippen LogP contribution < -0.4 is 48.1 Å². The summed E-state index contributed by atoms with van der Waals surface area (Å²) >= 11 is 0. The number of aldehydes is 1. The Morgan fingerprint density at radius 1 is 0.418 bits per heavy atom. The van der Waals surface area contributed by atoms with Gasteiger partial charge in [-0.3, -0.25) is 9.59 Å². The summed E-state index contributed by atoms with van der Waals surface area (Å²) < 4.78 is 56.4. The molecule has 0 amide bonds. The van der Waals surface area contributed by atoms with Gasteiger partial charge in [-0.25, -0.2) is 0 Å². The SMILES string of the molecule is C=Cc1ccc(OCc2ccccc2)cc1OCC(=C)c1ccc(OC)cc1.COc1ccc(C2=Cc3ccc(OCc4ccccc4)cc3OC2)cc1.Cc1ccc(-c2coc3cc(O)ccc3c2=O)cc1.O=Cc1ccc(OCc2ccccc2)cc1O.Oc1ccc(C2=Cc3ccc(O)cc3OC2)cc1.Oc1ccc(C2COc3cc(O)ccc3C2)cc1.Oc1cccc(O)c1.